The van der Waals surface area contributed by atoms with E-state index in [2.05, 4.69) is 43.7 Å². The van der Waals surface area contributed by atoms with Crippen molar-refractivity contribution in [2.45, 2.75) is 26.2 Å². The third-order valence-corrected chi connectivity index (χ3v) is 6.90. The van der Waals surface area contributed by atoms with E-state index in [0.717, 1.165) is 65.4 Å². The van der Waals surface area contributed by atoms with E-state index in [-0.39, 0.29) is 0 Å². The molecule has 4 aromatic heterocycles. The van der Waals surface area contributed by atoms with Gasteiger partial charge in [-0.3, -0.25) is 5.10 Å². The lowest BCUT2D eigenvalue weighted by atomic mass is 9.78. The molecule has 2 aliphatic rings. The molecule has 0 saturated carbocycles. The predicted molar refractivity (Wildman–Crippen MR) is 121 cm³/mol. The minimum atomic E-state index is 0.466. The Morgan fingerprint density at radius 1 is 1.16 bits per heavy atom. The third kappa shape index (κ3) is 3.13. The van der Waals surface area contributed by atoms with Gasteiger partial charge in [-0.2, -0.15) is 5.10 Å². The van der Waals surface area contributed by atoms with Crippen LogP contribution >= 0.6 is 0 Å². The van der Waals surface area contributed by atoms with Crippen LogP contribution in [0.25, 0.3) is 27.7 Å². The molecule has 0 radical (unpaired) electrons. The van der Waals surface area contributed by atoms with E-state index in [1.54, 1.807) is 0 Å². The average molecular weight is 418 g/mol. The number of nitrogens with one attached hydrogen (secondary N) is 2. The standard InChI is InChI=1S/C23H27N7O/c1-2-31-17-11-18(21-19-13-26-27-22(19)28-30(21)14-17)16-3-4-20(25-12-16)29-10-7-23(15-29)5-8-24-9-6-23/h3-4,11-14,24H,2,5-10,15H2,1H3,(H,27,28). The second kappa shape index (κ2) is 7.23. The fourth-order valence-electron chi connectivity index (χ4n) is 5.23. The molecule has 2 fully saturated rings. The molecule has 160 valence electrons. The lowest BCUT2D eigenvalue weighted by molar-refractivity contribution is 0.232. The van der Waals surface area contributed by atoms with Crippen molar-refractivity contribution in [3.05, 3.63) is 36.8 Å². The quantitative estimate of drug-likeness (QED) is 0.530. The van der Waals surface area contributed by atoms with E-state index in [9.17, 15) is 0 Å². The van der Waals surface area contributed by atoms with Gasteiger partial charge in [0.25, 0.3) is 0 Å². The van der Waals surface area contributed by atoms with E-state index in [1.807, 2.05) is 30.0 Å². The summed E-state index contributed by atoms with van der Waals surface area (Å²) >= 11 is 0. The molecule has 1 spiro atoms. The fourth-order valence-corrected chi connectivity index (χ4v) is 5.23. The van der Waals surface area contributed by atoms with Gasteiger partial charge in [0, 0.05) is 30.4 Å². The van der Waals surface area contributed by atoms with Crippen LogP contribution in [-0.4, -0.2) is 57.6 Å². The SMILES string of the molecule is CCOc1cc(-c2ccc(N3CCC4(CCNCC4)C3)nc2)c2c3cn[nH]c3nn2c1. The highest BCUT2D eigenvalue weighted by atomic mass is 16.5. The summed E-state index contributed by atoms with van der Waals surface area (Å²) in [6, 6.07) is 6.39. The van der Waals surface area contributed by atoms with Crippen LogP contribution in [0.5, 0.6) is 5.75 Å². The van der Waals surface area contributed by atoms with E-state index in [4.69, 9.17) is 9.72 Å². The largest absolute Gasteiger partial charge is 0.492 e. The van der Waals surface area contributed by atoms with Crippen molar-refractivity contribution in [2.24, 2.45) is 5.41 Å². The Morgan fingerprint density at radius 3 is 2.87 bits per heavy atom. The number of fused-ring (bicyclic) bond motifs is 3. The average Bonchev–Trinajstić information content (AvgIpc) is 3.49. The number of ether oxygens (including phenoxy) is 1. The van der Waals surface area contributed by atoms with Gasteiger partial charge in [0.05, 0.1) is 29.9 Å². The van der Waals surface area contributed by atoms with E-state index >= 15 is 0 Å². The molecular formula is C23H27N7O. The van der Waals surface area contributed by atoms with E-state index < -0.39 is 0 Å². The number of hydrogen-bond acceptors (Lipinski definition) is 6. The van der Waals surface area contributed by atoms with Crippen LogP contribution in [0.1, 0.15) is 26.2 Å². The van der Waals surface area contributed by atoms with Crippen LogP contribution < -0.4 is 15.0 Å². The van der Waals surface area contributed by atoms with Crippen molar-refractivity contribution in [3.8, 4) is 16.9 Å². The Morgan fingerprint density at radius 2 is 2.06 bits per heavy atom. The molecule has 0 aromatic carbocycles. The van der Waals surface area contributed by atoms with Crippen molar-refractivity contribution in [3.63, 3.8) is 0 Å². The highest BCUT2D eigenvalue weighted by Crippen LogP contribution is 2.40. The molecule has 8 nitrogen and oxygen atoms in total. The van der Waals surface area contributed by atoms with Gasteiger partial charge in [0.15, 0.2) is 5.65 Å². The van der Waals surface area contributed by atoms with Crippen molar-refractivity contribution >= 4 is 22.4 Å². The zero-order valence-corrected chi connectivity index (χ0v) is 17.8. The van der Waals surface area contributed by atoms with Crippen LogP contribution in [0.15, 0.2) is 36.8 Å². The lowest BCUT2D eigenvalue weighted by Gasteiger charge is -2.33. The van der Waals surface area contributed by atoms with Gasteiger partial charge in [-0.25, -0.2) is 9.50 Å². The number of aromatic nitrogens is 5. The topological polar surface area (TPSA) is 83.4 Å². The fraction of sp³-hybridized carbons (Fsp3) is 0.435. The number of piperidine rings is 1. The number of pyridine rings is 2. The molecule has 31 heavy (non-hydrogen) atoms. The number of aromatic amines is 1. The van der Waals surface area contributed by atoms with Crippen LogP contribution in [-0.2, 0) is 0 Å². The molecule has 0 unspecified atom stereocenters. The van der Waals surface area contributed by atoms with Gasteiger partial charge in [0.2, 0.25) is 0 Å². The van der Waals surface area contributed by atoms with E-state index in [1.165, 1.54) is 19.3 Å². The summed E-state index contributed by atoms with van der Waals surface area (Å²) in [6.45, 7) is 7.08. The zero-order chi connectivity index (χ0) is 20.8. The minimum absolute atomic E-state index is 0.466. The molecule has 0 amide bonds. The summed E-state index contributed by atoms with van der Waals surface area (Å²) in [7, 11) is 0. The van der Waals surface area contributed by atoms with Crippen molar-refractivity contribution < 1.29 is 4.74 Å². The smallest absolute Gasteiger partial charge is 0.178 e. The zero-order valence-electron chi connectivity index (χ0n) is 17.8. The maximum atomic E-state index is 5.80. The van der Waals surface area contributed by atoms with Gasteiger partial charge in [-0.15, -0.1) is 5.10 Å². The van der Waals surface area contributed by atoms with Crippen molar-refractivity contribution in [2.75, 3.05) is 37.7 Å². The molecule has 2 aliphatic heterocycles. The molecular weight excluding hydrogens is 390 g/mol. The number of nitrogens with zero attached hydrogens (tertiary/aromatic N) is 5. The summed E-state index contributed by atoms with van der Waals surface area (Å²) in [6.07, 6.45) is 9.53. The first-order chi connectivity index (χ1) is 15.2. The molecule has 0 atom stereocenters. The second-order valence-electron chi connectivity index (χ2n) is 8.77. The number of H-pyrrole nitrogens is 1. The van der Waals surface area contributed by atoms with Crippen LogP contribution in [0.4, 0.5) is 5.82 Å². The monoisotopic (exact) mass is 417 g/mol. The summed E-state index contributed by atoms with van der Waals surface area (Å²) in [4.78, 5) is 7.32. The molecule has 6 rings (SSSR count). The van der Waals surface area contributed by atoms with Gasteiger partial charge in [-0.05, 0) is 62.9 Å². The highest BCUT2D eigenvalue weighted by Gasteiger charge is 2.39. The normalized spacial score (nSPS) is 18.4. The first-order valence-electron chi connectivity index (χ1n) is 11.2. The Bertz CT molecular complexity index is 1220. The number of hydrogen-bond donors (Lipinski definition) is 2. The maximum Gasteiger partial charge on any atom is 0.178 e. The minimum Gasteiger partial charge on any atom is -0.492 e. The Balaban J connectivity index is 1.36. The lowest BCUT2D eigenvalue weighted by Crippen LogP contribution is -2.38. The molecule has 0 bridgehead atoms. The predicted octanol–water partition coefficient (Wildman–Crippen LogP) is 3.25. The molecule has 8 heteroatoms. The van der Waals surface area contributed by atoms with Crippen LogP contribution in [0.2, 0.25) is 0 Å². The number of rotatable bonds is 4. The first-order valence-corrected chi connectivity index (χ1v) is 11.2. The van der Waals surface area contributed by atoms with Crippen LogP contribution in [0.3, 0.4) is 0 Å². The molecule has 0 aliphatic carbocycles. The van der Waals surface area contributed by atoms with Gasteiger partial charge < -0.3 is 15.0 Å². The summed E-state index contributed by atoms with van der Waals surface area (Å²) < 4.78 is 7.67. The number of anilines is 1. The summed E-state index contributed by atoms with van der Waals surface area (Å²) in [5.74, 6) is 1.86. The van der Waals surface area contributed by atoms with Gasteiger partial charge in [0.1, 0.15) is 11.6 Å². The highest BCUT2D eigenvalue weighted by molar-refractivity contribution is 6.00. The maximum absolute atomic E-state index is 5.80. The van der Waals surface area contributed by atoms with Crippen LogP contribution in [0, 0.1) is 5.41 Å². The Kier molecular flexibility index (Phi) is 4.34. The van der Waals surface area contributed by atoms with Gasteiger partial charge in [-0.1, -0.05) is 0 Å². The summed E-state index contributed by atoms with van der Waals surface area (Å²) in [5.41, 5.74) is 4.34. The molecule has 6 heterocycles. The first kappa shape index (κ1) is 18.6. The molecule has 2 N–H and O–H groups in total. The summed E-state index contributed by atoms with van der Waals surface area (Å²) in [5, 5.41) is 16.2. The van der Waals surface area contributed by atoms with Crippen molar-refractivity contribution in [1.82, 2.24) is 30.1 Å². The third-order valence-electron chi connectivity index (χ3n) is 6.90. The Labute approximate surface area is 180 Å². The Hall–Kier alpha value is -3.13. The molecule has 2 saturated heterocycles. The molecule has 4 aromatic rings. The second-order valence-corrected chi connectivity index (χ2v) is 8.77. The van der Waals surface area contributed by atoms with Crippen molar-refractivity contribution in [1.29, 1.82) is 0 Å². The van der Waals surface area contributed by atoms with Gasteiger partial charge >= 0.3 is 0 Å². The van der Waals surface area contributed by atoms with E-state index in [0.29, 0.717) is 12.0 Å².